The number of nitro groups is 1. The zero-order valence-electron chi connectivity index (χ0n) is 15.5. The van der Waals surface area contributed by atoms with Crippen LogP contribution >= 0.6 is 0 Å². The van der Waals surface area contributed by atoms with Crippen LogP contribution in [0.25, 0.3) is 11.3 Å². The maximum Gasteiger partial charge on any atom is 0.270 e. The molecule has 1 aromatic heterocycles. The number of benzene rings is 2. The summed E-state index contributed by atoms with van der Waals surface area (Å²) in [6, 6.07) is 11.4. The zero-order valence-corrected chi connectivity index (χ0v) is 15.5. The van der Waals surface area contributed by atoms with Gasteiger partial charge >= 0.3 is 0 Å². The summed E-state index contributed by atoms with van der Waals surface area (Å²) >= 11 is 0. The van der Waals surface area contributed by atoms with E-state index in [9.17, 15) is 10.1 Å². The van der Waals surface area contributed by atoms with Crippen LogP contribution in [0.2, 0.25) is 0 Å². The maximum atomic E-state index is 11.0. The second-order valence-electron chi connectivity index (χ2n) is 5.61. The number of nitrogens with one attached hydrogen (secondary N) is 1. The van der Waals surface area contributed by atoms with Crippen LogP contribution in [0.4, 0.5) is 17.3 Å². The van der Waals surface area contributed by atoms with Crippen molar-refractivity contribution < 1.29 is 19.1 Å². The molecule has 0 atom stereocenters. The fraction of sp³-hybridized carbons (Fsp3) is 0.158. The van der Waals surface area contributed by atoms with Crippen LogP contribution in [0.5, 0.6) is 17.2 Å². The predicted octanol–water partition coefficient (Wildman–Crippen LogP) is 3.82. The minimum atomic E-state index is -0.445. The predicted molar refractivity (Wildman–Crippen MR) is 104 cm³/mol. The van der Waals surface area contributed by atoms with Gasteiger partial charge in [0.1, 0.15) is 0 Å². The zero-order chi connectivity index (χ0) is 20.1. The van der Waals surface area contributed by atoms with E-state index >= 15 is 0 Å². The normalized spacial score (nSPS) is 10.2. The Morgan fingerprint density at radius 2 is 1.71 bits per heavy atom. The van der Waals surface area contributed by atoms with E-state index in [1.165, 1.54) is 33.5 Å². The Morgan fingerprint density at radius 1 is 1.00 bits per heavy atom. The average Bonchev–Trinajstić information content (AvgIpc) is 2.73. The van der Waals surface area contributed by atoms with Gasteiger partial charge in [0.2, 0.25) is 11.7 Å². The molecule has 3 rings (SSSR count). The molecule has 0 bridgehead atoms. The Bertz CT molecular complexity index is 984. The van der Waals surface area contributed by atoms with E-state index in [1.54, 1.807) is 36.5 Å². The van der Waals surface area contributed by atoms with E-state index < -0.39 is 4.92 Å². The molecular formula is C19H18N4O5. The summed E-state index contributed by atoms with van der Waals surface area (Å²) in [5, 5.41) is 14.1. The van der Waals surface area contributed by atoms with Crippen molar-refractivity contribution in [2.75, 3.05) is 26.6 Å². The van der Waals surface area contributed by atoms with Gasteiger partial charge < -0.3 is 19.5 Å². The first-order valence-corrected chi connectivity index (χ1v) is 8.20. The number of hydrogen-bond acceptors (Lipinski definition) is 8. The summed E-state index contributed by atoms with van der Waals surface area (Å²) in [4.78, 5) is 19.2. The van der Waals surface area contributed by atoms with E-state index in [2.05, 4.69) is 15.3 Å². The lowest BCUT2D eigenvalue weighted by atomic mass is 10.1. The van der Waals surface area contributed by atoms with Crippen LogP contribution in [0.15, 0.2) is 48.7 Å². The molecule has 2 aromatic carbocycles. The van der Waals surface area contributed by atoms with Gasteiger partial charge in [-0.05, 0) is 6.07 Å². The summed E-state index contributed by atoms with van der Waals surface area (Å²) in [5.74, 6) is 1.76. The average molecular weight is 382 g/mol. The number of anilines is 2. The summed E-state index contributed by atoms with van der Waals surface area (Å²) in [6.07, 6.45) is 1.57. The number of aromatic nitrogens is 2. The molecule has 28 heavy (non-hydrogen) atoms. The molecule has 0 spiro atoms. The largest absolute Gasteiger partial charge is 0.493 e. The molecule has 144 valence electrons. The van der Waals surface area contributed by atoms with Gasteiger partial charge in [0.25, 0.3) is 5.69 Å². The van der Waals surface area contributed by atoms with E-state index in [0.717, 1.165) is 0 Å². The van der Waals surface area contributed by atoms with Crippen LogP contribution in [-0.4, -0.2) is 36.2 Å². The summed E-state index contributed by atoms with van der Waals surface area (Å²) < 4.78 is 16.0. The third-order valence-electron chi connectivity index (χ3n) is 3.93. The molecule has 0 fully saturated rings. The van der Waals surface area contributed by atoms with Crippen LogP contribution < -0.4 is 19.5 Å². The van der Waals surface area contributed by atoms with Crippen molar-refractivity contribution in [3.63, 3.8) is 0 Å². The molecule has 0 aliphatic heterocycles. The van der Waals surface area contributed by atoms with Crippen molar-refractivity contribution in [1.82, 2.24) is 9.97 Å². The van der Waals surface area contributed by atoms with Crippen molar-refractivity contribution in [1.29, 1.82) is 0 Å². The number of non-ortho nitro benzene ring substituents is 1. The molecule has 9 heteroatoms. The lowest BCUT2D eigenvalue weighted by Gasteiger charge is -2.14. The van der Waals surface area contributed by atoms with Gasteiger partial charge in [0.05, 0.1) is 31.9 Å². The molecule has 0 aliphatic rings. The number of nitro benzene ring substituents is 1. The molecule has 0 saturated carbocycles. The SMILES string of the molecule is COc1cc(Nc2nccc(-c3cccc([N+](=O)[O-])c3)n2)cc(OC)c1OC. The van der Waals surface area contributed by atoms with E-state index in [0.29, 0.717) is 40.1 Å². The quantitative estimate of drug-likeness (QED) is 0.485. The Kier molecular flexibility index (Phi) is 5.54. The molecule has 3 aromatic rings. The number of ether oxygens (including phenoxy) is 3. The lowest BCUT2D eigenvalue weighted by molar-refractivity contribution is -0.384. The van der Waals surface area contributed by atoms with Gasteiger partial charge in [-0.1, -0.05) is 12.1 Å². The van der Waals surface area contributed by atoms with Gasteiger partial charge in [-0.25, -0.2) is 9.97 Å². The molecule has 9 nitrogen and oxygen atoms in total. The van der Waals surface area contributed by atoms with Crippen LogP contribution in [0, 0.1) is 10.1 Å². The fourth-order valence-electron chi connectivity index (χ4n) is 2.64. The Hall–Kier alpha value is -3.88. The molecule has 1 N–H and O–H groups in total. The highest BCUT2D eigenvalue weighted by atomic mass is 16.6. The minimum absolute atomic E-state index is 0.00440. The number of nitrogens with zero attached hydrogens (tertiary/aromatic N) is 3. The second kappa shape index (κ2) is 8.21. The van der Waals surface area contributed by atoms with E-state index in [4.69, 9.17) is 14.2 Å². The number of methoxy groups -OCH3 is 3. The molecule has 0 radical (unpaired) electrons. The highest BCUT2D eigenvalue weighted by Gasteiger charge is 2.14. The second-order valence-corrected chi connectivity index (χ2v) is 5.61. The van der Waals surface area contributed by atoms with Crippen LogP contribution in [0.3, 0.4) is 0 Å². The first kappa shape index (κ1) is 18.9. The van der Waals surface area contributed by atoms with Crippen LogP contribution in [0.1, 0.15) is 0 Å². The fourth-order valence-corrected chi connectivity index (χ4v) is 2.64. The molecule has 0 amide bonds. The topological polar surface area (TPSA) is 109 Å². The molecule has 0 unspecified atom stereocenters. The standard InChI is InChI=1S/C19H18N4O5/c1-26-16-10-13(11-17(27-2)18(16)28-3)21-19-20-8-7-15(22-19)12-5-4-6-14(9-12)23(24)25/h4-11H,1-3H3,(H,20,21,22). The Morgan fingerprint density at radius 3 is 2.32 bits per heavy atom. The highest BCUT2D eigenvalue weighted by Crippen LogP contribution is 2.40. The molecule has 1 heterocycles. The smallest absolute Gasteiger partial charge is 0.270 e. The molecular weight excluding hydrogens is 364 g/mol. The van der Waals surface area contributed by atoms with Gasteiger partial charge in [0.15, 0.2) is 11.5 Å². The first-order valence-electron chi connectivity index (χ1n) is 8.20. The summed E-state index contributed by atoms with van der Waals surface area (Å²) in [6.45, 7) is 0. The molecule has 0 saturated heterocycles. The van der Waals surface area contributed by atoms with Crippen molar-refractivity contribution in [3.8, 4) is 28.5 Å². The number of hydrogen-bond donors (Lipinski definition) is 1. The van der Waals surface area contributed by atoms with Gasteiger partial charge in [0, 0.05) is 41.7 Å². The molecule has 0 aliphatic carbocycles. The van der Waals surface area contributed by atoms with E-state index in [-0.39, 0.29) is 5.69 Å². The third-order valence-corrected chi connectivity index (χ3v) is 3.93. The van der Waals surface area contributed by atoms with Crippen LogP contribution in [-0.2, 0) is 0 Å². The Labute approximate surface area is 161 Å². The summed E-state index contributed by atoms with van der Waals surface area (Å²) in [7, 11) is 4.58. The summed E-state index contributed by atoms with van der Waals surface area (Å²) in [5.41, 5.74) is 1.79. The Balaban J connectivity index is 1.93. The van der Waals surface area contributed by atoms with Crippen molar-refractivity contribution >= 4 is 17.3 Å². The van der Waals surface area contributed by atoms with Crippen molar-refractivity contribution in [2.45, 2.75) is 0 Å². The maximum absolute atomic E-state index is 11.0. The van der Waals surface area contributed by atoms with Crippen molar-refractivity contribution in [2.24, 2.45) is 0 Å². The lowest BCUT2D eigenvalue weighted by Crippen LogP contribution is -2.01. The van der Waals surface area contributed by atoms with Gasteiger partial charge in [-0.3, -0.25) is 10.1 Å². The van der Waals surface area contributed by atoms with Gasteiger partial charge in [-0.2, -0.15) is 0 Å². The van der Waals surface area contributed by atoms with Crippen molar-refractivity contribution in [3.05, 3.63) is 58.8 Å². The minimum Gasteiger partial charge on any atom is -0.493 e. The monoisotopic (exact) mass is 382 g/mol. The third kappa shape index (κ3) is 3.93. The highest BCUT2D eigenvalue weighted by molar-refractivity contribution is 5.67. The first-order chi connectivity index (χ1) is 13.5. The van der Waals surface area contributed by atoms with Gasteiger partial charge in [-0.15, -0.1) is 0 Å². The van der Waals surface area contributed by atoms with E-state index in [1.807, 2.05) is 0 Å². The number of rotatable bonds is 7.